The Morgan fingerprint density at radius 3 is 2.43 bits per heavy atom. The lowest BCUT2D eigenvalue weighted by Crippen LogP contribution is -2.34. The van der Waals surface area contributed by atoms with E-state index in [1.165, 1.54) is 30.3 Å². The predicted molar refractivity (Wildman–Crippen MR) is 114 cm³/mol. The van der Waals surface area contributed by atoms with Crippen LogP contribution in [0.1, 0.15) is 37.5 Å². The lowest BCUT2D eigenvalue weighted by Gasteiger charge is -2.26. The Balaban J connectivity index is 1.95. The maximum absolute atomic E-state index is 13.1. The molecule has 0 radical (unpaired) electrons. The van der Waals surface area contributed by atoms with E-state index in [9.17, 15) is 24.4 Å². The third kappa shape index (κ3) is 7.20. The molecule has 0 saturated heterocycles. The van der Waals surface area contributed by atoms with Crippen molar-refractivity contribution in [2.75, 3.05) is 25.0 Å². The first-order valence-electron chi connectivity index (χ1n) is 9.86. The van der Waals surface area contributed by atoms with Gasteiger partial charge in [-0.2, -0.15) is 0 Å². The van der Waals surface area contributed by atoms with E-state index in [0.717, 1.165) is 0 Å². The fourth-order valence-corrected chi connectivity index (χ4v) is 3.18. The molecule has 0 aromatic heterocycles. The third-order valence-electron chi connectivity index (χ3n) is 4.66. The molecule has 7 nitrogen and oxygen atoms in total. The van der Waals surface area contributed by atoms with E-state index in [0.29, 0.717) is 42.4 Å². The normalized spacial score (nSPS) is 12.2. The fourth-order valence-electron chi connectivity index (χ4n) is 3.18. The average Bonchev–Trinajstić information content (AvgIpc) is 2.67. The second kappa shape index (κ2) is 10.8. The Hall–Kier alpha value is -2.84. The van der Waals surface area contributed by atoms with Gasteiger partial charge in [-0.15, -0.1) is 0 Å². The van der Waals surface area contributed by atoms with Gasteiger partial charge >= 0.3 is 0 Å². The number of hydrogen-bond acceptors (Lipinski definition) is 5. The van der Waals surface area contributed by atoms with Gasteiger partial charge in [0.2, 0.25) is 5.91 Å². The predicted octanol–water partition coefficient (Wildman–Crippen LogP) is 4.06. The van der Waals surface area contributed by atoms with Crippen LogP contribution in [-0.2, 0) is 4.79 Å². The van der Waals surface area contributed by atoms with Crippen LogP contribution in [0.5, 0.6) is 0 Å². The molecule has 0 aliphatic rings. The van der Waals surface area contributed by atoms with Crippen LogP contribution in [0.3, 0.4) is 0 Å². The van der Waals surface area contributed by atoms with Gasteiger partial charge in [0.1, 0.15) is 5.82 Å². The molecule has 2 aromatic rings. The van der Waals surface area contributed by atoms with Gasteiger partial charge in [-0.1, -0.05) is 26.0 Å². The molecule has 8 heteroatoms. The number of nitrogens with zero attached hydrogens (tertiary/aromatic N) is 2. The number of aryl methyl sites for hydroxylation is 1. The molecule has 1 atom stereocenters. The van der Waals surface area contributed by atoms with Crippen LogP contribution in [0.15, 0.2) is 42.5 Å². The summed E-state index contributed by atoms with van der Waals surface area (Å²) in [7, 11) is 0. The van der Waals surface area contributed by atoms with Crippen LogP contribution in [0.2, 0.25) is 0 Å². The minimum Gasteiger partial charge on any atom is -0.387 e. The number of halogens is 1. The van der Waals surface area contributed by atoms with Crippen molar-refractivity contribution in [2.24, 2.45) is 5.92 Å². The van der Waals surface area contributed by atoms with Crippen LogP contribution in [0.25, 0.3) is 0 Å². The number of anilines is 1. The maximum Gasteiger partial charge on any atom is 0.269 e. The zero-order chi connectivity index (χ0) is 22.3. The van der Waals surface area contributed by atoms with Crippen molar-refractivity contribution in [3.05, 3.63) is 69.5 Å². The Morgan fingerprint density at radius 2 is 1.87 bits per heavy atom. The number of carbonyl (C=O) groups excluding carboxylic acids is 1. The summed E-state index contributed by atoms with van der Waals surface area (Å²) in [4.78, 5) is 24.7. The van der Waals surface area contributed by atoms with Crippen molar-refractivity contribution in [3.8, 4) is 0 Å². The molecule has 0 saturated carbocycles. The van der Waals surface area contributed by atoms with E-state index < -0.39 is 11.0 Å². The van der Waals surface area contributed by atoms with Crippen LogP contribution in [0, 0.1) is 28.8 Å². The van der Waals surface area contributed by atoms with Crippen molar-refractivity contribution >= 4 is 17.3 Å². The highest BCUT2D eigenvalue weighted by molar-refractivity contribution is 5.91. The summed E-state index contributed by atoms with van der Waals surface area (Å²) in [6, 6.07) is 10.0. The van der Waals surface area contributed by atoms with E-state index in [4.69, 9.17) is 0 Å². The van der Waals surface area contributed by atoms with Crippen LogP contribution in [-0.4, -0.2) is 40.5 Å². The minimum absolute atomic E-state index is 0.0246. The summed E-state index contributed by atoms with van der Waals surface area (Å²) in [5.74, 6) is -0.231. The summed E-state index contributed by atoms with van der Waals surface area (Å²) in [5, 5.41) is 24.1. The van der Waals surface area contributed by atoms with E-state index in [-0.39, 0.29) is 23.8 Å². The zero-order valence-corrected chi connectivity index (χ0v) is 17.5. The number of aliphatic hydroxyl groups is 1. The SMILES string of the molecule is Cc1cc([N+](=O)[O-])ccc1NC(=O)CCN(CC(C)C)CC(O)c1ccc(F)cc1. The van der Waals surface area contributed by atoms with E-state index in [1.807, 2.05) is 4.90 Å². The van der Waals surface area contributed by atoms with Gasteiger partial charge < -0.3 is 10.4 Å². The number of nitro benzene ring substituents is 1. The number of nitro groups is 1. The number of amides is 1. The molecule has 30 heavy (non-hydrogen) atoms. The molecule has 0 aliphatic carbocycles. The molecule has 2 N–H and O–H groups in total. The number of aliphatic hydroxyl groups excluding tert-OH is 1. The Kier molecular flexibility index (Phi) is 8.44. The highest BCUT2D eigenvalue weighted by Crippen LogP contribution is 2.21. The number of non-ortho nitro benzene ring substituents is 1. The van der Waals surface area contributed by atoms with Crippen molar-refractivity contribution in [2.45, 2.75) is 33.3 Å². The Morgan fingerprint density at radius 1 is 1.20 bits per heavy atom. The summed E-state index contributed by atoms with van der Waals surface area (Å²) < 4.78 is 13.1. The summed E-state index contributed by atoms with van der Waals surface area (Å²) in [5.41, 5.74) is 1.75. The van der Waals surface area contributed by atoms with Gasteiger partial charge in [0.25, 0.3) is 5.69 Å². The largest absolute Gasteiger partial charge is 0.387 e. The number of benzene rings is 2. The number of carbonyl (C=O) groups is 1. The van der Waals surface area contributed by atoms with Crippen molar-refractivity contribution in [1.82, 2.24) is 4.90 Å². The molecule has 0 spiro atoms. The summed E-state index contributed by atoms with van der Waals surface area (Å²) in [6.07, 6.45) is -0.580. The first-order valence-corrected chi connectivity index (χ1v) is 9.86. The Labute approximate surface area is 175 Å². The van der Waals surface area contributed by atoms with Crippen LogP contribution < -0.4 is 5.32 Å². The van der Waals surface area contributed by atoms with E-state index in [2.05, 4.69) is 19.2 Å². The van der Waals surface area contributed by atoms with Crippen LogP contribution >= 0.6 is 0 Å². The number of hydrogen-bond donors (Lipinski definition) is 2. The second-order valence-corrected chi connectivity index (χ2v) is 7.78. The smallest absolute Gasteiger partial charge is 0.269 e. The molecule has 1 amide bonds. The summed E-state index contributed by atoms with van der Waals surface area (Å²) in [6.45, 7) is 7.27. The monoisotopic (exact) mass is 417 g/mol. The zero-order valence-electron chi connectivity index (χ0n) is 17.5. The Bertz CT molecular complexity index is 871. The van der Waals surface area contributed by atoms with Crippen LogP contribution in [0.4, 0.5) is 15.8 Å². The highest BCUT2D eigenvalue weighted by atomic mass is 19.1. The van der Waals surface area contributed by atoms with E-state index >= 15 is 0 Å². The third-order valence-corrected chi connectivity index (χ3v) is 4.66. The van der Waals surface area contributed by atoms with Gasteiger partial charge in [-0.05, 0) is 42.2 Å². The molecule has 2 rings (SSSR count). The molecular weight excluding hydrogens is 389 g/mol. The molecule has 0 fully saturated rings. The van der Waals surface area contributed by atoms with Crippen molar-refractivity contribution < 1.29 is 19.2 Å². The molecule has 0 aliphatic heterocycles. The first-order chi connectivity index (χ1) is 14.2. The van der Waals surface area contributed by atoms with Gasteiger partial charge in [0, 0.05) is 43.9 Å². The quantitative estimate of drug-likeness (QED) is 0.449. The maximum atomic E-state index is 13.1. The van der Waals surface area contributed by atoms with Crippen molar-refractivity contribution in [1.29, 1.82) is 0 Å². The van der Waals surface area contributed by atoms with E-state index in [1.54, 1.807) is 19.1 Å². The average molecular weight is 417 g/mol. The number of rotatable bonds is 10. The number of nitrogens with one attached hydrogen (secondary N) is 1. The molecule has 2 aromatic carbocycles. The van der Waals surface area contributed by atoms with Gasteiger partial charge in [0.15, 0.2) is 0 Å². The lowest BCUT2D eigenvalue weighted by molar-refractivity contribution is -0.384. The standard InChI is InChI=1S/C22H28FN3O4/c1-15(2)13-25(14-21(27)17-4-6-18(23)7-5-17)11-10-22(28)24-20-9-8-19(26(29)30)12-16(20)3/h4-9,12,15,21,27H,10-11,13-14H2,1-3H3,(H,24,28). The topological polar surface area (TPSA) is 95.7 Å². The molecule has 1 unspecified atom stereocenters. The van der Waals surface area contributed by atoms with Crippen molar-refractivity contribution in [3.63, 3.8) is 0 Å². The lowest BCUT2D eigenvalue weighted by atomic mass is 10.1. The molecule has 162 valence electrons. The van der Waals surface area contributed by atoms with Gasteiger partial charge in [0.05, 0.1) is 11.0 Å². The molecular formula is C22H28FN3O4. The fraction of sp³-hybridized carbons (Fsp3) is 0.409. The highest BCUT2D eigenvalue weighted by Gasteiger charge is 2.17. The minimum atomic E-state index is -0.788. The molecule has 0 bridgehead atoms. The first kappa shape index (κ1) is 23.4. The molecule has 0 heterocycles. The summed E-state index contributed by atoms with van der Waals surface area (Å²) >= 11 is 0. The van der Waals surface area contributed by atoms with Gasteiger partial charge in [-0.25, -0.2) is 4.39 Å². The van der Waals surface area contributed by atoms with Gasteiger partial charge in [-0.3, -0.25) is 19.8 Å². The second-order valence-electron chi connectivity index (χ2n) is 7.78.